The van der Waals surface area contributed by atoms with Gasteiger partial charge >= 0.3 is 0 Å². The van der Waals surface area contributed by atoms with E-state index in [1.165, 1.54) is 12.3 Å². The van der Waals surface area contributed by atoms with Crippen LogP contribution in [0.5, 0.6) is 0 Å². The van der Waals surface area contributed by atoms with Crippen LogP contribution in [-0.4, -0.2) is 28.5 Å². The Morgan fingerprint density at radius 1 is 1.53 bits per heavy atom. The Hall–Kier alpha value is -1.73. The molecule has 0 N–H and O–H groups in total. The van der Waals surface area contributed by atoms with Crippen LogP contribution in [-0.2, 0) is 6.42 Å². The van der Waals surface area contributed by atoms with Crippen molar-refractivity contribution in [2.45, 2.75) is 6.42 Å². The zero-order valence-electron chi connectivity index (χ0n) is 10.1. The largest absolute Gasteiger partial charge is 0.358 e. The molecule has 0 aliphatic heterocycles. The van der Waals surface area contributed by atoms with Crippen molar-refractivity contribution in [2.75, 3.05) is 18.5 Å². The van der Waals surface area contributed by atoms with Crippen LogP contribution < -0.4 is 4.90 Å². The van der Waals surface area contributed by atoms with Gasteiger partial charge in [-0.1, -0.05) is 11.6 Å². The minimum Gasteiger partial charge on any atom is -0.358 e. The van der Waals surface area contributed by atoms with Gasteiger partial charge in [0.15, 0.2) is 0 Å². The van der Waals surface area contributed by atoms with Crippen molar-refractivity contribution in [3.8, 4) is 0 Å². The maximum absolute atomic E-state index is 10.6. The molecule has 0 atom stereocenters. The van der Waals surface area contributed by atoms with E-state index < -0.39 is 4.92 Å². The molecule has 0 unspecified atom stereocenters. The Morgan fingerprint density at radius 2 is 2.32 bits per heavy atom. The summed E-state index contributed by atoms with van der Waals surface area (Å²) in [6, 6.07) is 1.31. The van der Waals surface area contributed by atoms with Gasteiger partial charge in [0.05, 0.1) is 15.0 Å². The SMILES string of the molecule is CN(CCc1nccs1)c1ncc([N+](=O)[O-])cc1Cl. The van der Waals surface area contributed by atoms with Crippen LogP contribution in [0.2, 0.25) is 5.02 Å². The first-order valence-corrected chi connectivity index (χ1v) is 6.73. The standard InChI is InChI=1S/C11H11ClN4O2S/c1-15(4-2-10-13-3-5-19-10)11-9(12)6-8(7-14-11)16(17)18/h3,5-7H,2,4H2,1H3. The van der Waals surface area contributed by atoms with Crippen LogP contribution in [0, 0.1) is 10.1 Å². The molecule has 0 saturated heterocycles. The molecule has 0 bridgehead atoms. The Labute approximate surface area is 118 Å². The molecule has 100 valence electrons. The lowest BCUT2D eigenvalue weighted by molar-refractivity contribution is -0.385. The zero-order chi connectivity index (χ0) is 13.8. The maximum atomic E-state index is 10.6. The van der Waals surface area contributed by atoms with Crippen molar-refractivity contribution in [1.29, 1.82) is 0 Å². The Kier molecular flexibility index (Phi) is 4.28. The van der Waals surface area contributed by atoms with Crippen LogP contribution >= 0.6 is 22.9 Å². The van der Waals surface area contributed by atoms with Crippen molar-refractivity contribution in [3.63, 3.8) is 0 Å². The number of anilines is 1. The van der Waals surface area contributed by atoms with E-state index in [4.69, 9.17) is 11.6 Å². The molecule has 2 aromatic rings. The fourth-order valence-electron chi connectivity index (χ4n) is 1.55. The lowest BCUT2D eigenvalue weighted by Crippen LogP contribution is -2.21. The molecule has 2 rings (SSSR count). The molecule has 2 aromatic heterocycles. The van der Waals surface area contributed by atoms with Crippen LogP contribution in [0.3, 0.4) is 0 Å². The number of nitrogens with zero attached hydrogens (tertiary/aromatic N) is 4. The van der Waals surface area contributed by atoms with Gasteiger partial charge in [0.25, 0.3) is 5.69 Å². The first-order chi connectivity index (χ1) is 9.08. The number of hydrogen-bond acceptors (Lipinski definition) is 6. The van der Waals surface area contributed by atoms with Crippen molar-refractivity contribution in [1.82, 2.24) is 9.97 Å². The minimum absolute atomic E-state index is 0.109. The minimum atomic E-state index is -0.516. The molecule has 0 radical (unpaired) electrons. The number of nitro groups is 1. The highest BCUT2D eigenvalue weighted by atomic mass is 35.5. The summed E-state index contributed by atoms with van der Waals surface area (Å²) in [7, 11) is 1.84. The summed E-state index contributed by atoms with van der Waals surface area (Å²) < 4.78 is 0. The third-order valence-corrected chi connectivity index (χ3v) is 3.64. The molecule has 0 aliphatic rings. The third-order valence-electron chi connectivity index (χ3n) is 2.52. The van der Waals surface area contributed by atoms with E-state index in [9.17, 15) is 10.1 Å². The van der Waals surface area contributed by atoms with Crippen molar-refractivity contribution in [2.24, 2.45) is 0 Å². The zero-order valence-corrected chi connectivity index (χ0v) is 11.7. The van der Waals surface area contributed by atoms with Crippen LogP contribution in [0.15, 0.2) is 23.8 Å². The van der Waals surface area contributed by atoms with Crippen molar-refractivity contribution >= 4 is 34.4 Å². The van der Waals surface area contributed by atoms with Gasteiger partial charge in [-0.15, -0.1) is 11.3 Å². The monoisotopic (exact) mass is 298 g/mol. The van der Waals surface area contributed by atoms with E-state index in [0.717, 1.165) is 11.4 Å². The summed E-state index contributed by atoms with van der Waals surface area (Å²) >= 11 is 7.60. The lowest BCUT2D eigenvalue weighted by Gasteiger charge is -2.18. The molecule has 0 amide bonds. The molecule has 0 saturated carbocycles. The van der Waals surface area contributed by atoms with Gasteiger partial charge in [0, 0.05) is 37.7 Å². The highest BCUT2D eigenvalue weighted by Gasteiger charge is 2.14. The van der Waals surface area contributed by atoms with Crippen LogP contribution in [0.4, 0.5) is 11.5 Å². The molecule has 0 spiro atoms. The molecule has 19 heavy (non-hydrogen) atoms. The normalized spacial score (nSPS) is 10.4. The molecule has 0 fully saturated rings. The molecule has 2 heterocycles. The van der Waals surface area contributed by atoms with E-state index >= 15 is 0 Å². The molecule has 0 aromatic carbocycles. The first-order valence-electron chi connectivity index (χ1n) is 5.47. The summed E-state index contributed by atoms with van der Waals surface area (Å²) in [5.41, 5.74) is -0.109. The average molecular weight is 299 g/mol. The van der Waals surface area contributed by atoms with Crippen LogP contribution in [0.25, 0.3) is 0 Å². The summed E-state index contributed by atoms with van der Waals surface area (Å²) in [4.78, 5) is 20.2. The topological polar surface area (TPSA) is 72.2 Å². The highest BCUT2D eigenvalue weighted by molar-refractivity contribution is 7.09. The molecule has 0 aliphatic carbocycles. The highest BCUT2D eigenvalue weighted by Crippen LogP contribution is 2.26. The smallest absolute Gasteiger partial charge is 0.289 e. The fraction of sp³-hybridized carbons (Fsp3) is 0.273. The number of aromatic nitrogens is 2. The number of halogens is 1. The quantitative estimate of drug-likeness (QED) is 0.627. The number of rotatable bonds is 5. The van der Waals surface area contributed by atoms with E-state index in [1.807, 2.05) is 17.3 Å². The van der Waals surface area contributed by atoms with E-state index in [1.54, 1.807) is 17.5 Å². The van der Waals surface area contributed by atoms with E-state index in [2.05, 4.69) is 9.97 Å². The molecular weight excluding hydrogens is 288 g/mol. The predicted molar refractivity (Wildman–Crippen MR) is 75.0 cm³/mol. The summed E-state index contributed by atoms with van der Waals surface area (Å²) in [6.45, 7) is 0.693. The Morgan fingerprint density at radius 3 is 2.89 bits per heavy atom. The number of likely N-dealkylation sites (N-methyl/N-ethyl adjacent to an activating group) is 1. The lowest BCUT2D eigenvalue weighted by atomic mass is 10.3. The number of hydrogen-bond donors (Lipinski definition) is 0. The average Bonchev–Trinajstić information content (AvgIpc) is 2.88. The van der Waals surface area contributed by atoms with Gasteiger partial charge in [-0.05, 0) is 0 Å². The van der Waals surface area contributed by atoms with Crippen molar-refractivity contribution < 1.29 is 4.92 Å². The van der Waals surface area contributed by atoms with Gasteiger partial charge in [0.2, 0.25) is 0 Å². The van der Waals surface area contributed by atoms with Crippen LogP contribution in [0.1, 0.15) is 5.01 Å². The summed E-state index contributed by atoms with van der Waals surface area (Å²) in [6.07, 6.45) is 3.75. The summed E-state index contributed by atoms with van der Waals surface area (Å²) in [5.74, 6) is 0.531. The predicted octanol–water partition coefficient (Wildman–Crippen LogP) is 2.78. The number of pyridine rings is 1. The van der Waals surface area contributed by atoms with Gasteiger partial charge in [-0.2, -0.15) is 0 Å². The number of thiazole rings is 1. The van der Waals surface area contributed by atoms with E-state index in [0.29, 0.717) is 12.4 Å². The fourth-order valence-corrected chi connectivity index (χ4v) is 2.46. The maximum Gasteiger partial charge on any atom is 0.289 e. The molecule has 6 nitrogen and oxygen atoms in total. The Balaban J connectivity index is 2.06. The molecular formula is C11H11ClN4O2S. The molecule has 8 heteroatoms. The second-order valence-corrected chi connectivity index (χ2v) is 5.24. The van der Waals surface area contributed by atoms with Gasteiger partial charge in [0.1, 0.15) is 12.0 Å². The van der Waals surface area contributed by atoms with Gasteiger partial charge in [-0.25, -0.2) is 9.97 Å². The second-order valence-electron chi connectivity index (χ2n) is 3.85. The van der Waals surface area contributed by atoms with Gasteiger partial charge in [-0.3, -0.25) is 10.1 Å². The summed E-state index contributed by atoms with van der Waals surface area (Å²) in [5, 5.41) is 13.8. The van der Waals surface area contributed by atoms with Crippen molar-refractivity contribution in [3.05, 3.63) is 44.0 Å². The van der Waals surface area contributed by atoms with Gasteiger partial charge < -0.3 is 4.90 Å². The second kappa shape index (κ2) is 5.94. The Bertz CT molecular complexity index is 576. The van der Waals surface area contributed by atoms with E-state index in [-0.39, 0.29) is 10.7 Å². The third kappa shape index (κ3) is 3.39. The first kappa shape index (κ1) is 13.7.